The lowest BCUT2D eigenvalue weighted by atomic mass is 10.2. The van der Waals surface area contributed by atoms with Crippen molar-refractivity contribution in [2.75, 3.05) is 5.75 Å². The van der Waals surface area contributed by atoms with Crippen molar-refractivity contribution in [2.24, 2.45) is 0 Å². The van der Waals surface area contributed by atoms with E-state index in [1.165, 1.54) is 11.8 Å². The molecule has 8 heteroatoms. The standard InChI is InChI=1S/C23H21ClN4O2S/c1-15-4-3-5-19(12-15)28-16(2)26-27-23(28)31-14-22(29)25-13-20-10-11-21(30-20)17-6-8-18(24)9-7-17/h3-12H,13-14H2,1-2H3,(H,25,29). The first-order valence-corrected chi connectivity index (χ1v) is 11.1. The van der Waals surface area contributed by atoms with Gasteiger partial charge in [0, 0.05) is 16.3 Å². The Bertz CT molecular complexity index is 1200. The van der Waals surface area contributed by atoms with Gasteiger partial charge in [-0.2, -0.15) is 0 Å². The van der Waals surface area contributed by atoms with Crippen LogP contribution in [0.2, 0.25) is 5.02 Å². The Kier molecular flexibility index (Phi) is 6.44. The van der Waals surface area contributed by atoms with Crippen LogP contribution in [0.15, 0.2) is 70.2 Å². The molecule has 0 spiro atoms. The van der Waals surface area contributed by atoms with Gasteiger partial charge in [0.1, 0.15) is 17.3 Å². The SMILES string of the molecule is Cc1cccc(-n2c(C)nnc2SCC(=O)NCc2ccc(-c3ccc(Cl)cc3)o2)c1. The van der Waals surface area contributed by atoms with Gasteiger partial charge in [0.2, 0.25) is 5.91 Å². The normalized spacial score (nSPS) is 10.9. The summed E-state index contributed by atoms with van der Waals surface area (Å²) in [6.07, 6.45) is 0. The van der Waals surface area contributed by atoms with Crippen molar-refractivity contribution in [3.63, 3.8) is 0 Å². The summed E-state index contributed by atoms with van der Waals surface area (Å²) in [6.45, 7) is 4.25. The van der Waals surface area contributed by atoms with Crippen LogP contribution in [0.3, 0.4) is 0 Å². The van der Waals surface area contributed by atoms with Gasteiger partial charge < -0.3 is 9.73 Å². The summed E-state index contributed by atoms with van der Waals surface area (Å²) in [4.78, 5) is 12.4. The average molecular weight is 453 g/mol. The van der Waals surface area contributed by atoms with E-state index in [9.17, 15) is 4.79 Å². The number of nitrogens with zero attached hydrogens (tertiary/aromatic N) is 3. The van der Waals surface area contributed by atoms with Crippen molar-refractivity contribution >= 4 is 29.3 Å². The molecule has 0 unspecified atom stereocenters. The van der Waals surface area contributed by atoms with E-state index in [1.54, 1.807) is 0 Å². The van der Waals surface area contributed by atoms with Gasteiger partial charge in [-0.25, -0.2) is 0 Å². The highest BCUT2D eigenvalue weighted by Crippen LogP contribution is 2.24. The van der Waals surface area contributed by atoms with Gasteiger partial charge in [-0.1, -0.05) is 35.5 Å². The van der Waals surface area contributed by atoms with Crippen LogP contribution in [0.5, 0.6) is 0 Å². The molecule has 31 heavy (non-hydrogen) atoms. The van der Waals surface area contributed by atoms with Crippen molar-refractivity contribution in [1.29, 1.82) is 0 Å². The maximum Gasteiger partial charge on any atom is 0.230 e. The molecule has 4 aromatic rings. The fourth-order valence-electron chi connectivity index (χ4n) is 3.11. The smallest absolute Gasteiger partial charge is 0.230 e. The molecule has 158 valence electrons. The summed E-state index contributed by atoms with van der Waals surface area (Å²) in [7, 11) is 0. The minimum atomic E-state index is -0.106. The first kappa shape index (κ1) is 21.2. The van der Waals surface area contributed by atoms with Gasteiger partial charge in [0.05, 0.1) is 12.3 Å². The molecule has 1 amide bonds. The molecule has 2 aromatic carbocycles. The van der Waals surface area contributed by atoms with Crippen LogP contribution >= 0.6 is 23.4 Å². The maximum atomic E-state index is 12.4. The lowest BCUT2D eigenvalue weighted by Crippen LogP contribution is -2.24. The number of thioether (sulfide) groups is 1. The third-order valence-corrected chi connectivity index (χ3v) is 5.82. The molecule has 0 bridgehead atoms. The van der Waals surface area contributed by atoms with Crippen LogP contribution in [-0.2, 0) is 11.3 Å². The molecule has 6 nitrogen and oxygen atoms in total. The van der Waals surface area contributed by atoms with Crippen LogP contribution < -0.4 is 5.32 Å². The second-order valence-electron chi connectivity index (χ2n) is 7.04. The number of halogens is 1. The highest BCUT2D eigenvalue weighted by atomic mass is 35.5. The van der Waals surface area contributed by atoms with Crippen molar-refractivity contribution in [3.8, 4) is 17.0 Å². The van der Waals surface area contributed by atoms with Crippen molar-refractivity contribution in [2.45, 2.75) is 25.5 Å². The van der Waals surface area contributed by atoms with Gasteiger partial charge >= 0.3 is 0 Å². The molecule has 0 aliphatic heterocycles. The van der Waals surface area contributed by atoms with Gasteiger partial charge in [-0.3, -0.25) is 9.36 Å². The molecule has 0 saturated heterocycles. The number of aryl methyl sites for hydroxylation is 2. The van der Waals surface area contributed by atoms with Crippen molar-refractivity contribution < 1.29 is 9.21 Å². The molecule has 0 atom stereocenters. The number of carbonyl (C=O) groups excluding carboxylic acids is 1. The predicted molar refractivity (Wildman–Crippen MR) is 123 cm³/mol. The Balaban J connectivity index is 1.34. The second-order valence-corrected chi connectivity index (χ2v) is 8.42. The molecular formula is C23H21ClN4O2S. The zero-order valence-corrected chi connectivity index (χ0v) is 18.7. The molecule has 2 aromatic heterocycles. The summed E-state index contributed by atoms with van der Waals surface area (Å²) in [5, 5.41) is 12.6. The number of hydrogen-bond donors (Lipinski definition) is 1. The molecule has 0 saturated carbocycles. The number of amides is 1. The zero-order chi connectivity index (χ0) is 21.8. The van der Waals surface area contributed by atoms with Crippen LogP contribution in [0, 0.1) is 13.8 Å². The zero-order valence-electron chi connectivity index (χ0n) is 17.1. The number of rotatable bonds is 7. The van der Waals surface area contributed by atoms with Gasteiger partial charge in [-0.15, -0.1) is 10.2 Å². The second kappa shape index (κ2) is 9.41. The van der Waals surface area contributed by atoms with Crippen LogP contribution in [0.4, 0.5) is 0 Å². The lowest BCUT2D eigenvalue weighted by Gasteiger charge is -2.09. The number of aromatic nitrogens is 3. The molecule has 2 heterocycles. The molecule has 1 N–H and O–H groups in total. The first-order valence-electron chi connectivity index (χ1n) is 9.73. The van der Waals surface area contributed by atoms with E-state index in [0.29, 0.717) is 22.5 Å². The molecular weight excluding hydrogens is 432 g/mol. The Morgan fingerprint density at radius 1 is 1.10 bits per heavy atom. The van der Waals surface area contributed by atoms with Gasteiger partial charge in [0.25, 0.3) is 0 Å². The third kappa shape index (κ3) is 5.18. The highest BCUT2D eigenvalue weighted by molar-refractivity contribution is 7.99. The monoisotopic (exact) mass is 452 g/mol. The minimum absolute atomic E-state index is 0.106. The summed E-state index contributed by atoms with van der Waals surface area (Å²) in [5.41, 5.74) is 3.06. The third-order valence-electron chi connectivity index (χ3n) is 4.64. The predicted octanol–water partition coefficient (Wildman–Crippen LogP) is 5.21. The minimum Gasteiger partial charge on any atom is -0.459 e. The Hall–Kier alpha value is -3.03. The number of furan rings is 1. The highest BCUT2D eigenvalue weighted by Gasteiger charge is 2.14. The summed E-state index contributed by atoms with van der Waals surface area (Å²) in [6, 6.07) is 19.3. The van der Waals surface area contributed by atoms with Gasteiger partial charge in [0.15, 0.2) is 5.16 Å². The fraction of sp³-hybridized carbons (Fsp3) is 0.174. The van der Waals surface area contributed by atoms with E-state index in [4.69, 9.17) is 16.0 Å². The molecule has 4 rings (SSSR count). The Morgan fingerprint density at radius 2 is 1.90 bits per heavy atom. The number of carbonyl (C=O) groups is 1. The quantitative estimate of drug-likeness (QED) is 0.390. The van der Waals surface area contributed by atoms with Crippen molar-refractivity contribution in [3.05, 3.63) is 82.8 Å². The van der Waals surface area contributed by atoms with Crippen molar-refractivity contribution in [1.82, 2.24) is 20.1 Å². The summed E-state index contributed by atoms with van der Waals surface area (Å²) < 4.78 is 7.78. The number of nitrogens with one attached hydrogen (secondary N) is 1. The van der Waals surface area contributed by atoms with E-state index in [-0.39, 0.29) is 11.7 Å². The maximum absolute atomic E-state index is 12.4. The molecule has 0 radical (unpaired) electrons. The first-order chi connectivity index (χ1) is 15.0. The summed E-state index contributed by atoms with van der Waals surface area (Å²) >= 11 is 7.28. The molecule has 0 aliphatic carbocycles. The Labute approximate surface area is 189 Å². The van der Waals surface area contributed by atoms with Crippen LogP contribution in [-0.4, -0.2) is 26.4 Å². The Morgan fingerprint density at radius 3 is 2.68 bits per heavy atom. The van der Waals surface area contributed by atoms with Gasteiger partial charge in [-0.05, 0) is 67.9 Å². The largest absolute Gasteiger partial charge is 0.459 e. The van der Waals surface area contributed by atoms with Crippen LogP contribution in [0.1, 0.15) is 17.1 Å². The number of benzene rings is 2. The van der Waals surface area contributed by atoms with E-state index in [2.05, 4.69) is 21.6 Å². The average Bonchev–Trinajstić information content (AvgIpc) is 3.38. The summed E-state index contributed by atoms with van der Waals surface area (Å²) in [5.74, 6) is 2.32. The van der Waals surface area contributed by atoms with E-state index < -0.39 is 0 Å². The molecule has 0 aliphatic rings. The number of hydrogen-bond acceptors (Lipinski definition) is 5. The van der Waals surface area contributed by atoms with Crippen LogP contribution in [0.25, 0.3) is 17.0 Å². The van der Waals surface area contributed by atoms with E-state index in [0.717, 1.165) is 28.4 Å². The lowest BCUT2D eigenvalue weighted by molar-refractivity contribution is -0.118. The van der Waals surface area contributed by atoms with E-state index >= 15 is 0 Å². The van der Waals surface area contributed by atoms with E-state index in [1.807, 2.05) is 73.0 Å². The fourth-order valence-corrected chi connectivity index (χ4v) is 4.06. The topological polar surface area (TPSA) is 73.0 Å². The molecule has 0 fully saturated rings.